The molecule has 178 valence electrons. The van der Waals surface area contributed by atoms with E-state index in [1.807, 2.05) is 21.7 Å². The summed E-state index contributed by atoms with van der Waals surface area (Å²) < 4.78 is 12.8. The molecule has 1 saturated heterocycles. The molecular weight excluding hydrogens is 428 g/mol. The Balaban J connectivity index is 1.27. The first kappa shape index (κ1) is 22.5. The van der Waals surface area contributed by atoms with Gasteiger partial charge in [-0.3, -0.25) is 9.69 Å². The van der Waals surface area contributed by atoms with Crippen molar-refractivity contribution < 1.29 is 14.3 Å². The molecule has 2 heterocycles. The number of benzene rings is 2. The molecule has 0 unspecified atom stereocenters. The number of carbonyl (C=O) groups excluding carboxylic acids is 1. The fourth-order valence-corrected chi connectivity index (χ4v) is 5.00. The number of aryl methyl sites for hydroxylation is 1. The van der Waals surface area contributed by atoms with Gasteiger partial charge < -0.3 is 14.4 Å². The van der Waals surface area contributed by atoms with E-state index in [-0.39, 0.29) is 5.91 Å². The van der Waals surface area contributed by atoms with Crippen LogP contribution in [0.3, 0.4) is 0 Å². The van der Waals surface area contributed by atoms with Gasteiger partial charge in [-0.15, -0.1) is 0 Å². The molecule has 1 aliphatic carbocycles. The van der Waals surface area contributed by atoms with Crippen LogP contribution in [0, 0.1) is 6.92 Å². The molecule has 1 aliphatic heterocycles. The number of methoxy groups -OCH3 is 2. The average Bonchev–Trinajstić information content (AvgIpc) is 3.48. The van der Waals surface area contributed by atoms with Crippen LogP contribution in [0.15, 0.2) is 42.5 Å². The van der Waals surface area contributed by atoms with Gasteiger partial charge in [-0.2, -0.15) is 5.10 Å². The minimum absolute atomic E-state index is 0.0646. The Kier molecular flexibility index (Phi) is 6.28. The normalized spacial score (nSPS) is 15.9. The second-order valence-corrected chi connectivity index (χ2v) is 9.13. The topological polar surface area (TPSA) is 59.8 Å². The lowest BCUT2D eigenvalue weighted by Crippen LogP contribution is -2.48. The predicted octanol–water partition coefficient (Wildman–Crippen LogP) is 3.64. The third kappa shape index (κ3) is 4.28. The summed E-state index contributed by atoms with van der Waals surface area (Å²) in [5, 5.41) is 4.82. The third-order valence-corrected chi connectivity index (χ3v) is 6.92. The Morgan fingerprint density at radius 1 is 0.941 bits per heavy atom. The summed E-state index contributed by atoms with van der Waals surface area (Å²) in [7, 11) is 3.30. The molecule has 5 rings (SSSR count). The van der Waals surface area contributed by atoms with E-state index in [9.17, 15) is 4.79 Å². The summed E-state index contributed by atoms with van der Waals surface area (Å²) in [6, 6.07) is 14.4. The largest absolute Gasteiger partial charge is 0.493 e. The molecule has 34 heavy (non-hydrogen) atoms. The van der Waals surface area contributed by atoms with E-state index in [0.29, 0.717) is 18.8 Å². The van der Waals surface area contributed by atoms with E-state index in [0.717, 1.165) is 61.6 Å². The summed E-state index contributed by atoms with van der Waals surface area (Å²) in [6.07, 6.45) is 2.99. The van der Waals surface area contributed by atoms with Crippen molar-refractivity contribution in [2.45, 2.75) is 32.7 Å². The van der Waals surface area contributed by atoms with Crippen molar-refractivity contribution in [3.05, 3.63) is 70.5 Å². The molecule has 3 aromatic rings. The molecule has 7 heteroatoms. The van der Waals surface area contributed by atoms with Gasteiger partial charge in [0.05, 0.1) is 19.9 Å². The van der Waals surface area contributed by atoms with E-state index in [4.69, 9.17) is 14.6 Å². The van der Waals surface area contributed by atoms with Crippen LogP contribution in [-0.2, 0) is 19.4 Å². The van der Waals surface area contributed by atoms with E-state index in [1.54, 1.807) is 14.2 Å². The van der Waals surface area contributed by atoms with Crippen LogP contribution in [0.5, 0.6) is 11.5 Å². The summed E-state index contributed by atoms with van der Waals surface area (Å²) >= 11 is 0. The van der Waals surface area contributed by atoms with Gasteiger partial charge in [-0.25, -0.2) is 4.68 Å². The van der Waals surface area contributed by atoms with Crippen molar-refractivity contribution in [3.8, 4) is 17.2 Å². The highest BCUT2D eigenvalue weighted by Gasteiger charge is 2.31. The zero-order valence-electron chi connectivity index (χ0n) is 20.2. The molecule has 1 amide bonds. The van der Waals surface area contributed by atoms with E-state index in [1.165, 1.54) is 16.8 Å². The van der Waals surface area contributed by atoms with Crippen molar-refractivity contribution in [1.29, 1.82) is 0 Å². The van der Waals surface area contributed by atoms with Gasteiger partial charge in [0.1, 0.15) is 0 Å². The van der Waals surface area contributed by atoms with Gasteiger partial charge in [-0.1, -0.05) is 23.8 Å². The van der Waals surface area contributed by atoms with Crippen LogP contribution in [-0.4, -0.2) is 65.9 Å². The Morgan fingerprint density at radius 3 is 2.38 bits per heavy atom. The van der Waals surface area contributed by atoms with Crippen molar-refractivity contribution in [2.24, 2.45) is 0 Å². The first-order valence-electron chi connectivity index (χ1n) is 12.0. The number of amides is 1. The number of ether oxygens (including phenoxy) is 2. The number of piperazine rings is 1. The maximum absolute atomic E-state index is 13.5. The molecule has 0 saturated carbocycles. The van der Waals surface area contributed by atoms with Gasteiger partial charge >= 0.3 is 0 Å². The van der Waals surface area contributed by atoms with E-state index >= 15 is 0 Å². The quantitative estimate of drug-likeness (QED) is 0.562. The number of hydrogen-bond donors (Lipinski definition) is 0. The van der Waals surface area contributed by atoms with Crippen molar-refractivity contribution in [3.63, 3.8) is 0 Å². The molecule has 0 spiro atoms. The number of nitrogens with zero attached hydrogens (tertiary/aromatic N) is 4. The molecule has 1 fully saturated rings. The molecule has 0 N–H and O–H groups in total. The number of rotatable bonds is 6. The summed E-state index contributed by atoms with van der Waals surface area (Å²) in [5.41, 5.74) is 6.39. The average molecular weight is 461 g/mol. The highest BCUT2D eigenvalue weighted by atomic mass is 16.5. The minimum Gasteiger partial charge on any atom is -0.493 e. The lowest BCUT2D eigenvalue weighted by Gasteiger charge is -2.34. The standard InChI is InChI=1S/C27H32N4O3/c1-19-7-10-21(11-8-19)31-23-6-4-5-22(23)26(28-31)27(32)30-15-13-29(14-16-30)18-20-9-12-24(33-2)25(17-20)34-3/h7-12,17H,4-6,13-16,18H2,1-3H3. The Hall–Kier alpha value is -3.32. The first-order valence-corrected chi connectivity index (χ1v) is 12.0. The SMILES string of the molecule is COc1ccc(CN2CCN(C(=O)c3nn(-c4ccc(C)cc4)c4c3CCC4)CC2)cc1OC. The fourth-order valence-electron chi connectivity index (χ4n) is 5.00. The van der Waals surface area contributed by atoms with Crippen LogP contribution in [0.1, 0.15) is 39.3 Å². The maximum Gasteiger partial charge on any atom is 0.274 e. The molecule has 1 aromatic heterocycles. The molecule has 7 nitrogen and oxygen atoms in total. The van der Waals surface area contributed by atoms with Crippen molar-refractivity contribution in [1.82, 2.24) is 19.6 Å². The van der Waals surface area contributed by atoms with Crippen molar-refractivity contribution in [2.75, 3.05) is 40.4 Å². The summed E-state index contributed by atoms with van der Waals surface area (Å²) in [5.74, 6) is 1.54. The fraction of sp³-hybridized carbons (Fsp3) is 0.407. The molecular formula is C27H32N4O3. The van der Waals surface area contributed by atoms with Gasteiger partial charge in [0.2, 0.25) is 0 Å². The zero-order chi connectivity index (χ0) is 23.7. The van der Waals surface area contributed by atoms with E-state index in [2.05, 4.69) is 42.2 Å². The molecule has 0 radical (unpaired) electrons. The van der Waals surface area contributed by atoms with Gasteiger partial charge in [0.25, 0.3) is 5.91 Å². The van der Waals surface area contributed by atoms with Gasteiger partial charge in [0.15, 0.2) is 17.2 Å². The first-order chi connectivity index (χ1) is 16.6. The lowest BCUT2D eigenvalue weighted by molar-refractivity contribution is 0.0621. The highest BCUT2D eigenvalue weighted by molar-refractivity contribution is 5.94. The van der Waals surface area contributed by atoms with Crippen LogP contribution in [0.25, 0.3) is 5.69 Å². The monoisotopic (exact) mass is 460 g/mol. The van der Waals surface area contributed by atoms with Crippen LogP contribution < -0.4 is 9.47 Å². The Labute approximate surface area is 200 Å². The van der Waals surface area contributed by atoms with E-state index < -0.39 is 0 Å². The summed E-state index contributed by atoms with van der Waals surface area (Å²) in [4.78, 5) is 17.8. The number of fused-ring (bicyclic) bond motifs is 1. The minimum atomic E-state index is 0.0646. The molecule has 0 bridgehead atoms. The summed E-state index contributed by atoms with van der Waals surface area (Å²) in [6.45, 7) is 5.98. The number of carbonyl (C=O) groups is 1. The third-order valence-electron chi connectivity index (χ3n) is 6.92. The van der Waals surface area contributed by atoms with Crippen molar-refractivity contribution >= 4 is 5.91 Å². The molecule has 2 aliphatic rings. The Morgan fingerprint density at radius 2 is 1.68 bits per heavy atom. The predicted molar refractivity (Wildman–Crippen MR) is 131 cm³/mol. The highest BCUT2D eigenvalue weighted by Crippen LogP contribution is 2.30. The Bertz CT molecular complexity index is 1180. The second kappa shape index (κ2) is 9.50. The number of aromatic nitrogens is 2. The molecule has 2 aromatic carbocycles. The molecule has 0 atom stereocenters. The smallest absolute Gasteiger partial charge is 0.274 e. The van der Waals surface area contributed by atoms with Crippen LogP contribution >= 0.6 is 0 Å². The second-order valence-electron chi connectivity index (χ2n) is 9.13. The van der Waals surface area contributed by atoms with Gasteiger partial charge in [-0.05, 0) is 56.0 Å². The van der Waals surface area contributed by atoms with Crippen LogP contribution in [0.2, 0.25) is 0 Å². The zero-order valence-corrected chi connectivity index (χ0v) is 20.2. The van der Waals surface area contributed by atoms with Gasteiger partial charge in [0, 0.05) is 44.0 Å². The lowest BCUT2D eigenvalue weighted by atomic mass is 10.1. The number of hydrogen-bond acceptors (Lipinski definition) is 5. The van der Waals surface area contributed by atoms with Crippen LogP contribution in [0.4, 0.5) is 0 Å². The maximum atomic E-state index is 13.5.